The van der Waals surface area contributed by atoms with Crippen molar-refractivity contribution in [2.24, 2.45) is 0 Å². The first kappa shape index (κ1) is 21.4. The number of rotatable bonds is 7. The van der Waals surface area contributed by atoms with Crippen molar-refractivity contribution in [2.75, 3.05) is 12.9 Å². The molecule has 2 aromatic heterocycles. The quantitative estimate of drug-likeness (QED) is 0.257. The largest absolute Gasteiger partial charge is 0.497 e. The number of nitrogens with zero attached hydrogens (tertiary/aromatic N) is 4. The zero-order valence-electron chi connectivity index (χ0n) is 16.3. The molecular weight excluding hydrogens is 455 g/mol. The fourth-order valence-corrected chi connectivity index (χ4v) is 4.29. The summed E-state index contributed by atoms with van der Waals surface area (Å²) in [6, 6.07) is 16.1. The SMILES string of the molecule is COc1ccc(-n2c(SCC(=O)c3ccc(Cl)cc3Cl)nnc2-c2ccncc2)cc1. The lowest BCUT2D eigenvalue weighted by molar-refractivity contribution is 0.102. The fraction of sp³-hybridized carbons (Fsp3) is 0.0909. The van der Waals surface area contributed by atoms with E-state index in [0.717, 1.165) is 17.0 Å². The van der Waals surface area contributed by atoms with Crippen LogP contribution in [0.15, 0.2) is 72.1 Å². The molecule has 6 nitrogen and oxygen atoms in total. The van der Waals surface area contributed by atoms with E-state index in [2.05, 4.69) is 15.2 Å². The summed E-state index contributed by atoms with van der Waals surface area (Å²) in [6.07, 6.45) is 3.39. The van der Waals surface area contributed by atoms with E-state index < -0.39 is 0 Å². The van der Waals surface area contributed by atoms with Gasteiger partial charge in [0.2, 0.25) is 0 Å². The predicted molar refractivity (Wildman–Crippen MR) is 123 cm³/mol. The molecule has 0 saturated heterocycles. The Kier molecular flexibility index (Phi) is 6.56. The van der Waals surface area contributed by atoms with Crippen molar-refractivity contribution < 1.29 is 9.53 Å². The topological polar surface area (TPSA) is 69.9 Å². The maximum Gasteiger partial charge on any atom is 0.196 e. The smallest absolute Gasteiger partial charge is 0.196 e. The highest BCUT2D eigenvalue weighted by Crippen LogP contribution is 2.30. The molecule has 0 radical (unpaired) electrons. The van der Waals surface area contributed by atoms with Crippen LogP contribution in [0.3, 0.4) is 0 Å². The second kappa shape index (κ2) is 9.51. The van der Waals surface area contributed by atoms with Gasteiger partial charge in [0.25, 0.3) is 0 Å². The van der Waals surface area contributed by atoms with Gasteiger partial charge in [0.05, 0.1) is 17.9 Å². The van der Waals surface area contributed by atoms with E-state index in [1.54, 1.807) is 37.7 Å². The maximum absolute atomic E-state index is 12.7. The Morgan fingerprint density at radius 1 is 1.03 bits per heavy atom. The minimum atomic E-state index is -0.124. The Hall–Kier alpha value is -2.87. The Labute approximate surface area is 193 Å². The van der Waals surface area contributed by atoms with Crippen LogP contribution in [-0.4, -0.2) is 38.4 Å². The van der Waals surface area contributed by atoms with Crippen molar-refractivity contribution in [1.82, 2.24) is 19.7 Å². The molecule has 0 amide bonds. The summed E-state index contributed by atoms with van der Waals surface area (Å²) in [4.78, 5) is 16.8. The van der Waals surface area contributed by atoms with Gasteiger partial charge in [-0.15, -0.1) is 10.2 Å². The molecule has 2 aromatic carbocycles. The molecule has 31 heavy (non-hydrogen) atoms. The Morgan fingerprint density at radius 3 is 2.45 bits per heavy atom. The molecule has 9 heteroatoms. The van der Waals surface area contributed by atoms with Crippen LogP contribution in [0.4, 0.5) is 0 Å². The van der Waals surface area contributed by atoms with Crippen molar-refractivity contribution in [3.63, 3.8) is 0 Å². The second-order valence-electron chi connectivity index (χ2n) is 6.41. The number of carbonyl (C=O) groups excluding carboxylic acids is 1. The molecule has 0 saturated carbocycles. The van der Waals surface area contributed by atoms with E-state index in [4.69, 9.17) is 27.9 Å². The number of Topliss-reactive ketones (excluding diaryl/α,β-unsaturated/α-hetero) is 1. The molecule has 0 aliphatic rings. The van der Waals surface area contributed by atoms with E-state index in [0.29, 0.717) is 26.6 Å². The number of ether oxygens (including phenoxy) is 1. The highest BCUT2D eigenvalue weighted by molar-refractivity contribution is 7.99. The van der Waals surface area contributed by atoms with Crippen molar-refractivity contribution in [1.29, 1.82) is 0 Å². The third kappa shape index (κ3) is 4.74. The first-order valence-electron chi connectivity index (χ1n) is 9.18. The average molecular weight is 471 g/mol. The number of carbonyl (C=O) groups is 1. The highest BCUT2D eigenvalue weighted by Gasteiger charge is 2.19. The van der Waals surface area contributed by atoms with E-state index in [-0.39, 0.29) is 11.5 Å². The van der Waals surface area contributed by atoms with Crippen LogP contribution < -0.4 is 4.74 Å². The van der Waals surface area contributed by atoms with Gasteiger partial charge in [0, 0.05) is 34.2 Å². The molecule has 0 fully saturated rings. The summed E-state index contributed by atoms with van der Waals surface area (Å²) in [6.45, 7) is 0. The van der Waals surface area contributed by atoms with Crippen LogP contribution in [-0.2, 0) is 0 Å². The number of halogens is 2. The molecule has 0 aliphatic heterocycles. The number of methoxy groups -OCH3 is 1. The Bertz CT molecular complexity index is 1210. The molecule has 2 heterocycles. The van der Waals surface area contributed by atoms with Gasteiger partial charge in [0.1, 0.15) is 5.75 Å². The van der Waals surface area contributed by atoms with Crippen LogP contribution in [0.1, 0.15) is 10.4 Å². The van der Waals surface area contributed by atoms with Crippen molar-refractivity contribution >= 4 is 40.7 Å². The zero-order valence-corrected chi connectivity index (χ0v) is 18.7. The lowest BCUT2D eigenvalue weighted by Crippen LogP contribution is -2.05. The molecule has 4 aromatic rings. The number of pyridine rings is 1. The van der Waals surface area contributed by atoms with E-state index in [1.165, 1.54) is 11.8 Å². The third-order valence-electron chi connectivity index (χ3n) is 4.47. The molecular formula is C22H16Cl2N4O2S. The molecule has 0 spiro atoms. The van der Waals surface area contributed by atoms with Gasteiger partial charge in [0.15, 0.2) is 16.8 Å². The van der Waals surface area contributed by atoms with Gasteiger partial charge in [-0.3, -0.25) is 14.3 Å². The van der Waals surface area contributed by atoms with Crippen LogP contribution in [0.2, 0.25) is 10.0 Å². The molecule has 0 bridgehead atoms. The van der Waals surface area contributed by atoms with Gasteiger partial charge >= 0.3 is 0 Å². The predicted octanol–water partition coefficient (Wildman–Crippen LogP) is 5.62. The van der Waals surface area contributed by atoms with Gasteiger partial charge in [-0.2, -0.15) is 0 Å². The van der Waals surface area contributed by atoms with Gasteiger partial charge in [-0.25, -0.2) is 0 Å². The summed E-state index contributed by atoms with van der Waals surface area (Å²) >= 11 is 13.4. The number of aromatic nitrogens is 4. The molecule has 0 aliphatic carbocycles. The van der Waals surface area contributed by atoms with Crippen LogP contribution in [0.25, 0.3) is 17.1 Å². The van der Waals surface area contributed by atoms with Gasteiger partial charge in [-0.1, -0.05) is 35.0 Å². The molecule has 0 N–H and O–H groups in total. The standard InChI is InChI=1S/C22H16Cl2N4O2S/c1-30-17-5-3-16(4-6-17)28-21(14-8-10-25-11-9-14)26-27-22(28)31-13-20(29)18-7-2-15(23)12-19(18)24/h2-12H,13H2,1H3. The minimum absolute atomic E-state index is 0.124. The number of hydrogen-bond acceptors (Lipinski definition) is 6. The third-order valence-corrected chi connectivity index (χ3v) is 5.94. The maximum atomic E-state index is 12.7. The van der Waals surface area contributed by atoms with Crippen molar-refractivity contribution in [3.05, 3.63) is 82.6 Å². The van der Waals surface area contributed by atoms with Crippen molar-refractivity contribution in [3.8, 4) is 22.8 Å². The number of ketones is 1. The minimum Gasteiger partial charge on any atom is -0.497 e. The van der Waals surface area contributed by atoms with Crippen molar-refractivity contribution in [2.45, 2.75) is 5.16 Å². The van der Waals surface area contributed by atoms with Crippen LogP contribution in [0.5, 0.6) is 5.75 Å². The number of benzene rings is 2. The highest BCUT2D eigenvalue weighted by atomic mass is 35.5. The van der Waals surface area contributed by atoms with Crippen LogP contribution >= 0.6 is 35.0 Å². The summed E-state index contributed by atoms with van der Waals surface area (Å²) in [7, 11) is 1.62. The van der Waals surface area contributed by atoms with E-state index in [9.17, 15) is 4.79 Å². The summed E-state index contributed by atoms with van der Waals surface area (Å²) in [5.41, 5.74) is 2.12. The number of hydrogen-bond donors (Lipinski definition) is 0. The second-order valence-corrected chi connectivity index (χ2v) is 8.20. The lowest BCUT2D eigenvalue weighted by atomic mass is 10.1. The number of thioether (sulfide) groups is 1. The average Bonchev–Trinajstić information content (AvgIpc) is 3.22. The first-order valence-corrected chi connectivity index (χ1v) is 10.9. The van der Waals surface area contributed by atoms with E-state index in [1.807, 2.05) is 41.0 Å². The monoisotopic (exact) mass is 470 g/mol. The Balaban J connectivity index is 1.67. The molecule has 4 rings (SSSR count). The summed E-state index contributed by atoms with van der Waals surface area (Å²) < 4.78 is 7.16. The fourth-order valence-electron chi connectivity index (χ4n) is 2.94. The first-order chi connectivity index (χ1) is 15.1. The Morgan fingerprint density at radius 2 is 1.77 bits per heavy atom. The zero-order chi connectivity index (χ0) is 21.8. The molecule has 0 unspecified atom stereocenters. The summed E-state index contributed by atoms with van der Waals surface area (Å²) in [5, 5.41) is 10.1. The van der Waals surface area contributed by atoms with Crippen LogP contribution in [0, 0.1) is 0 Å². The van der Waals surface area contributed by atoms with Gasteiger partial charge < -0.3 is 4.74 Å². The lowest BCUT2D eigenvalue weighted by Gasteiger charge is -2.11. The molecule has 156 valence electrons. The normalized spacial score (nSPS) is 10.8. The molecule has 0 atom stereocenters. The van der Waals surface area contributed by atoms with Gasteiger partial charge in [-0.05, 0) is 54.6 Å². The van der Waals surface area contributed by atoms with E-state index >= 15 is 0 Å². The summed E-state index contributed by atoms with van der Waals surface area (Å²) in [5.74, 6) is 1.41.